The zero-order valence-electron chi connectivity index (χ0n) is 28.1. The van der Waals surface area contributed by atoms with Crippen LogP contribution in [0.4, 0.5) is 0 Å². The van der Waals surface area contributed by atoms with E-state index in [0.717, 1.165) is 18.4 Å². The van der Waals surface area contributed by atoms with Gasteiger partial charge in [-0.15, -0.1) is 11.8 Å². The lowest BCUT2D eigenvalue weighted by Gasteiger charge is -2.39. The first-order chi connectivity index (χ1) is 23.7. The fourth-order valence-corrected chi connectivity index (χ4v) is 8.92. The van der Waals surface area contributed by atoms with E-state index in [2.05, 4.69) is 16.0 Å². The van der Waals surface area contributed by atoms with Crippen molar-refractivity contribution in [3.8, 4) is 11.5 Å². The molecule has 7 N–H and O–H groups in total. The molecule has 1 heterocycles. The Kier molecular flexibility index (Phi) is 13.0. The Hall–Kier alpha value is -3.67. The van der Waals surface area contributed by atoms with Gasteiger partial charge in [0.15, 0.2) is 16.4 Å². The molecule has 0 saturated carbocycles. The first kappa shape index (κ1) is 39.1. The first-order valence-corrected chi connectivity index (χ1v) is 20.5. The molecule has 2 amide bonds. The van der Waals surface area contributed by atoms with Gasteiger partial charge in [-0.05, 0) is 54.0 Å². The summed E-state index contributed by atoms with van der Waals surface area (Å²) in [6.45, 7) is 2.94. The largest absolute Gasteiger partial charge is 0.508 e. The van der Waals surface area contributed by atoms with E-state index < -0.39 is 73.7 Å². The fourth-order valence-electron chi connectivity index (χ4n) is 6.00. The molecule has 0 fully saturated rings. The maximum atomic E-state index is 14.4. The first-order valence-electron chi connectivity index (χ1n) is 16.1. The summed E-state index contributed by atoms with van der Waals surface area (Å²) in [5.41, 5.74) is 7.40. The van der Waals surface area contributed by atoms with Gasteiger partial charge in [-0.3, -0.25) is 19.5 Å². The number of thioether (sulfide) groups is 1. The highest BCUT2D eigenvalue weighted by molar-refractivity contribution is 7.98. The highest BCUT2D eigenvalue weighted by Crippen LogP contribution is 2.44. The highest BCUT2D eigenvalue weighted by Gasteiger charge is 2.49. The second-order valence-corrected chi connectivity index (χ2v) is 16.5. The number of rotatable bonds is 15. The number of carbonyl (C=O) groups excluding carboxylic acids is 2. The standard InChI is InChI=1S/C34H44N4O9S3/c1-4-6-16-34(5-2)33(35)50(45,46)28-20-26(27(48-3)19-25(28)30(38-34)22-10-8-7-9-11-22)47-21-29(40)37-31(23-12-14-24(39)15-13-23)32(41)36-17-18-49(42,43)44/h7-15,19-20,30-31,33,38-39H,4-6,16-18,21,35H2,1-3H3,(H,36,41)(H,37,40)(H,42,43,44)/t30?,31-,33?,34?/m1/s1. The Balaban J connectivity index is 1.67. The van der Waals surface area contributed by atoms with E-state index >= 15 is 0 Å². The highest BCUT2D eigenvalue weighted by atomic mass is 32.2. The fraction of sp³-hybridized carbons (Fsp3) is 0.412. The topological polar surface area (TPSA) is 214 Å². The van der Waals surface area contributed by atoms with Crippen molar-refractivity contribution in [2.24, 2.45) is 5.73 Å². The molecule has 50 heavy (non-hydrogen) atoms. The van der Waals surface area contributed by atoms with Crippen LogP contribution in [0.3, 0.4) is 0 Å². The van der Waals surface area contributed by atoms with E-state index in [1.54, 1.807) is 12.3 Å². The minimum absolute atomic E-state index is 0.00781. The minimum atomic E-state index is -4.35. The number of carbonyl (C=O) groups is 2. The molecule has 1 aliphatic heterocycles. The molecule has 0 aliphatic carbocycles. The third kappa shape index (κ3) is 9.16. The number of nitrogens with one attached hydrogen (secondary N) is 3. The molecule has 16 heteroatoms. The van der Waals surface area contributed by atoms with Crippen LogP contribution in [0.15, 0.2) is 76.5 Å². The van der Waals surface area contributed by atoms with E-state index in [9.17, 15) is 31.5 Å². The lowest BCUT2D eigenvalue weighted by Crippen LogP contribution is -2.60. The van der Waals surface area contributed by atoms with Crippen LogP contribution in [0.1, 0.15) is 68.3 Å². The van der Waals surface area contributed by atoms with E-state index in [0.29, 0.717) is 23.3 Å². The van der Waals surface area contributed by atoms with Crippen molar-refractivity contribution in [2.45, 2.75) is 72.3 Å². The summed E-state index contributed by atoms with van der Waals surface area (Å²) in [5.74, 6) is -2.21. The van der Waals surface area contributed by atoms with Gasteiger partial charge in [0, 0.05) is 23.0 Å². The molecule has 13 nitrogen and oxygen atoms in total. The number of nitrogens with two attached hydrogens (primary N) is 1. The van der Waals surface area contributed by atoms with Crippen LogP contribution in [-0.2, 0) is 29.5 Å². The molecule has 0 aromatic heterocycles. The van der Waals surface area contributed by atoms with Gasteiger partial charge in [-0.2, -0.15) is 8.42 Å². The lowest BCUT2D eigenvalue weighted by atomic mass is 9.86. The van der Waals surface area contributed by atoms with Crippen molar-refractivity contribution in [2.75, 3.05) is 25.2 Å². The average molecular weight is 749 g/mol. The third-order valence-corrected chi connectivity index (χ3v) is 12.3. The Morgan fingerprint density at radius 1 is 1.10 bits per heavy atom. The van der Waals surface area contributed by atoms with Gasteiger partial charge in [-0.25, -0.2) is 8.42 Å². The van der Waals surface area contributed by atoms with Gasteiger partial charge in [0.25, 0.3) is 16.0 Å². The van der Waals surface area contributed by atoms with Crippen molar-refractivity contribution in [1.29, 1.82) is 0 Å². The van der Waals surface area contributed by atoms with Crippen LogP contribution >= 0.6 is 11.8 Å². The minimum Gasteiger partial charge on any atom is -0.508 e. The van der Waals surface area contributed by atoms with Gasteiger partial charge in [0.05, 0.1) is 16.7 Å². The molecule has 0 radical (unpaired) electrons. The van der Waals surface area contributed by atoms with Crippen molar-refractivity contribution in [3.05, 3.63) is 83.4 Å². The van der Waals surface area contributed by atoms with E-state index in [1.165, 1.54) is 42.1 Å². The van der Waals surface area contributed by atoms with Crippen molar-refractivity contribution in [1.82, 2.24) is 16.0 Å². The molecular formula is C34H44N4O9S3. The predicted molar refractivity (Wildman–Crippen MR) is 191 cm³/mol. The molecule has 4 rings (SSSR count). The number of ether oxygens (including phenoxy) is 1. The van der Waals surface area contributed by atoms with Crippen LogP contribution in [0.25, 0.3) is 0 Å². The SMILES string of the molecule is CCCCC1(CC)NC(c2ccccc2)c2cc(SC)c(OCC(=O)N[C@@H](C(=O)NCCS(=O)(=O)O)c3ccc(O)cc3)cc2S(=O)(=O)C1N. The summed E-state index contributed by atoms with van der Waals surface area (Å²) in [5, 5.41) is 17.0. The smallest absolute Gasteiger partial charge is 0.266 e. The number of aromatic hydroxyl groups is 1. The molecule has 0 bridgehead atoms. The number of fused-ring (bicyclic) bond motifs is 1. The number of benzene rings is 3. The number of unbranched alkanes of at least 4 members (excludes halogenated alkanes) is 1. The van der Waals surface area contributed by atoms with E-state index in [4.69, 9.17) is 15.0 Å². The Bertz CT molecular complexity index is 1880. The molecule has 0 saturated heterocycles. The van der Waals surface area contributed by atoms with E-state index in [-0.39, 0.29) is 22.0 Å². The second kappa shape index (κ2) is 16.6. The zero-order chi connectivity index (χ0) is 36.7. The number of phenolic OH excluding ortho intramolecular Hbond substituents is 1. The Morgan fingerprint density at radius 2 is 1.78 bits per heavy atom. The van der Waals surface area contributed by atoms with Crippen LogP contribution < -0.4 is 26.4 Å². The second-order valence-electron chi connectivity index (χ2n) is 12.1. The Labute approximate surface area is 297 Å². The summed E-state index contributed by atoms with van der Waals surface area (Å²) in [7, 11) is -8.48. The average Bonchev–Trinajstić information content (AvgIpc) is 3.16. The number of phenols is 1. The maximum Gasteiger partial charge on any atom is 0.266 e. The zero-order valence-corrected chi connectivity index (χ0v) is 30.5. The Morgan fingerprint density at radius 3 is 2.38 bits per heavy atom. The number of sulfone groups is 1. The van der Waals surface area contributed by atoms with Crippen molar-refractivity contribution >= 4 is 43.5 Å². The molecular weight excluding hydrogens is 705 g/mol. The third-order valence-electron chi connectivity index (χ3n) is 8.78. The molecule has 272 valence electrons. The predicted octanol–water partition coefficient (Wildman–Crippen LogP) is 3.44. The molecule has 4 atom stereocenters. The molecule has 1 aliphatic rings. The summed E-state index contributed by atoms with van der Waals surface area (Å²) in [6, 6.07) is 16.3. The normalized spacial score (nSPS) is 20.6. The maximum absolute atomic E-state index is 14.4. The number of hydrogen-bond acceptors (Lipinski definition) is 11. The van der Waals surface area contributed by atoms with Gasteiger partial charge in [0.2, 0.25) is 5.91 Å². The van der Waals surface area contributed by atoms with E-state index in [1.807, 2.05) is 44.2 Å². The van der Waals surface area contributed by atoms with Gasteiger partial charge in [-0.1, -0.05) is 69.2 Å². The van der Waals surface area contributed by atoms with Gasteiger partial charge in [0.1, 0.15) is 22.9 Å². The monoisotopic (exact) mass is 748 g/mol. The molecule has 3 unspecified atom stereocenters. The van der Waals surface area contributed by atoms with Gasteiger partial charge >= 0.3 is 0 Å². The van der Waals surface area contributed by atoms with Crippen LogP contribution in [0.5, 0.6) is 11.5 Å². The summed E-state index contributed by atoms with van der Waals surface area (Å²) in [6.07, 6.45) is 4.43. The summed E-state index contributed by atoms with van der Waals surface area (Å²) in [4.78, 5) is 26.8. The quantitative estimate of drug-likeness (QED) is 0.0975. The molecule has 3 aromatic rings. The van der Waals surface area contributed by atoms with Crippen molar-refractivity contribution in [3.63, 3.8) is 0 Å². The van der Waals surface area contributed by atoms with Gasteiger partial charge < -0.3 is 26.2 Å². The van der Waals surface area contributed by atoms with Crippen LogP contribution in [0.2, 0.25) is 0 Å². The molecule has 0 spiro atoms. The summed E-state index contributed by atoms with van der Waals surface area (Å²) < 4.78 is 65.9. The number of amides is 2. The molecule has 3 aromatic carbocycles. The summed E-state index contributed by atoms with van der Waals surface area (Å²) >= 11 is 1.30. The lowest BCUT2D eigenvalue weighted by molar-refractivity contribution is -0.130. The number of hydrogen-bond donors (Lipinski definition) is 6. The van der Waals surface area contributed by atoms with Crippen LogP contribution in [0, 0.1) is 0 Å². The van der Waals surface area contributed by atoms with Crippen molar-refractivity contribution < 1.29 is 40.8 Å². The van der Waals surface area contributed by atoms with Crippen LogP contribution in [-0.4, -0.2) is 74.4 Å².